The molecular formula is C13H19N5O. The fourth-order valence-corrected chi connectivity index (χ4v) is 1.97. The molecule has 0 spiro atoms. The summed E-state index contributed by atoms with van der Waals surface area (Å²) in [6.45, 7) is 5.09. The van der Waals surface area contributed by atoms with Gasteiger partial charge in [0.2, 0.25) is 0 Å². The van der Waals surface area contributed by atoms with Crippen LogP contribution < -0.4 is 5.73 Å². The molecule has 0 aromatic carbocycles. The van der Waals surface area contributed by atoms with Gasteiger partial charge in [0.1, 0.15) is 11.7 Å². The zero-order valence-corrected chi connectivity index (χ0v) is 11.3. The van der Waals surface area contributed by atoms with Crippen molar-refractivity contribution in [3.63, 3.8) is 0 Å². The third kappa shape index (κ3) is 4.10. The first-order chi connectivity index (χ1) is 9.15. The number of nitrogens with zero attached hydrogens (tertiary/aromatic N) is 4. The summed E-state index contributed by atoms with van der Waals surface area (Å²) in [5.74, 6) is 2.85. The highest BCUT2D eigenvalue weighted by Crippen LogP contribution is 2.20. The molecule has 0 saturated carbocycles. The minimum Gasteiger partial charge on any atom is -0.387 e. The second kappa shape index (κ2) is 6.38. The summed E-state index contributed by atoms with van der Waals surface area (Å²) >= 11 is 0. The van der Waals surface area contributed by atoms with E-state index in [1.54, 1.807) is 19.2 Å². The molecule has 0 amide bonds. The van der Waals surface area contributed by atoms with Crippen molar-refractivity contribution in [2.24, 2.45) is 21.6 Å². The molecule has 19 heavy (non-hydrogen) atoms. The molecule has 0 radical (unpaired) electrons. The molecule has 1 aromatic rings. The Kier molecular flexibility index (Phi) is 4.57. The Bertz CT molecular complexity index is 488. The summed E-state index contributed by atoms with van der Waals surface area (Å²) in [6, 6.07) is 1.77. The molecule has 1 aliphatic rings. The summed E-state index contributed by atoms with van der Waals surface area (Å²) < 4.78 is 5.36. The molecule has 0 unspecified atom stereocenters. The van der Waals surface area contributed by atoms with Gasteiger partial charge in [-0.3, -0.25) is 0 Å². The Balaban J connectivity index is 2.28. The second-order valence-electron chi connectivity index (χ2n) is 4.57. The van der Waals surface area contributed by atoms with Gasteiger partial charge in [-0.05, 0) is 26.7 Å². The van der Waals surface area contributed by atoms with E-state index in [0.29, 0.717) is 17.5 Å². The average molecular weight is 261 g/mol. The molecule has 1 saturated heterocycles. The topological polar surface area (TPSA) is 85.8 Å². The van der Waals surface area contributed by atoms with Crippen LogP contribution in [0.1, 0.15) is 25.6 Å². The van der Waals surface area contributed by atoms with E-state index in [1.807, 2.05) is 6.92 Å². The average Bonchev–Trinajstić information content (AvgIpc) is 2.38. The van der Waals surface area contributed by atoms with Gasteiger partial charge in [-0.15, -0.1) is 0 Å². The Morgan fingerprint density at radius 2 is 2.16 bits per heavy atom. The number of ether oxygens (including phenoxy) is 1. The molecule has 2 heterocycles. The molecule has 2 N–H and O–H groups in total. The SMILES string of the molecule is CC(N)=NC(=Nc1ccnc(C)n1)C1CCOCC1. The van der Waals surface area contributed by atoms with Crippen LogP contribution in [0.3, 0.4) is 0 Å². The van der Waals surface area contributed by atoms with Crippen molar-refractivity contribution >= 4 is 17.5 Å². The van der Waals surface area contributed by atoms with Crippen LogP contribution in [0.4, 0.5) is 5.82 Å². The summed E-state index contributed by atoms with van der Waals surface area (Å²) in [5.41, 5.74) is 5.69. The Hall–Kier alpha value is -1.82. The minimum absolute atomic E-state index is 0.280. The number of nitrogens with two attached hydrogens (primary N) is 1. The van der Waals surface area contributed by atoms with E-state index in [0.717, 1.165) is 31.9 Å². The summed E-state index contributed by atoms with van der Waals surface area (Å²) in [6.07, 6.45) is 3.53. The molecule has 1 fully saturated rings. The Morgan fingerprint density at radius 3 is 2.79 bits per heavy atom. The summed E-state index contributed by atoms with van der Waals surface area (Å²) in [7, 11) is 0. The van der Waals surface area contributed by atoms with E-state index < -0.39 is 0 Å². The molecule has 6 nitrogen and oxygen atoms in total. The van der Waals surface area contributed by atoms with E-state index in [-0.39, 0.29) is 5.92 Å². The van der Waals surface area contributed by atoms with Crippen molar-refractivity contribution in [3.8, 4) is 0 Å². The molecule has 2 rings (SSSR count). The Morgan fingerprint density at radius 1 is 1.42 bits per heavy atom. The lowest BCUT2D eigenvalue weighted by atomic mass is 9.99. The van der Waals surface area contributed by atoms with Gasteiger partial charge in [0.15, 0.2) is 5.82 Å². The maximum atomic E-state index is 5.69. The first kappa shape index (κ1) is 13.6. The predicted molar refractivity (Wildman–Crippen MR) is 74.7 cm³/mol. The first-order valence-electron chi connectivity index (χ1n) is 6.42. The minimum atomic E-state index is 0.280. The van der Waals surface area contributed by atoms with Crippen LogP contribution in [0.5, 0.6) is 0 Å². The van der Waals surface area contributed by atoms with E-state index in [4.69, 9.17) is 10.5 Å². The number of hydrogen-bond donors (Lipinski definition) is 1. The highest BCUT2D eigenvalue weighted by Gasteiger charge is 2.20. The van der Waals surface area contributed by atoms with Gasteiger partial charge < -0.3 is 10.5 Å². The summed E-state index contributed by atoms with van der Waals surface area (Å²) in [4.78, 5) is 17.2. The molecule has 102 valence electrons. The van der Waals surface area contributed by atoms with Crippen molar-refractivity contribution < 1.29 is 4.74 Å². The molecule has 0 aliphatic carbocycles. The van der Waals surface area contributed by atoms with Crippen LogP contribution in [0.15, 0.2) is 22.2 Å². The van der Waals surface area contributed by atoms with Crippen molar-refractivity contribution in [2.75, 3.05) is 13.2 Å². The quantitative estimate of drug-likeness (QED) is 0.647. The van der Waals surface area contributed by atoms with Gasteiger partial charge in [-0.2, -0.15) is 0 Å². The standard InChI is InChI=1S/C13H19N5O/c1-9(14)16-13(11-4-7-19-8-5-11)18-12-3-6-15-10(2)17-12/h3,6,11H,4-5,7-8H2,1-2H3,(H2,14,15,16,17,18). The van der Waals surface area contributed by atoms with Crippen molar-refractivity contribution in [1.82, 2.24) is 9.97 Å². The van der Waals surface area contributed by atoms with Crippen molar-refractivity contribution in [1.29, 1.82) is 0 Å². The van der Waals surface area contributed by atoms with Crippen LogP contribution in [0.2, 0.25) is 0 Å². The number of rotatable bonds is 2. The van der Waals surface area contributed by atoms with E-state index >= 15 is 0 Å². The van der Waals surface area contributed by atoms with Crippen LogP contribution in [0, 0.1) is 12.8 Å². The van der Waals surface area contributed by atoms with Crippen LogP contribution >= 0.6 is 0 Å². The normalized spacial score (nSPS) is 18.6. The predicted octanol–water partition coefficient (Wildman–Crippen LogP) is 1.62. The maximum Gasteiger partial charge on any atom is 0.157 e. The lowest BCUT2D eigenvalue weighted by Gasteiger charge is -2.21. The molecular weight excluding hydrogens is 242 g/mol. The van der Waals surface area contributed by atoms with Gasteiger partial charge >= 0.3 is 0 Å². The fourth-order valence-electron chi connectivity index (χ4n) is 1.97. The lowest BCUT2D eigenvalue weighted by molar-refractivity contribution is 0.0826. The molecule has 0 bridgehead atoms. The largest absolute Gasteiger partial charge is 0.387 e. The van der Waals surface area contributed by atoms with E-state index in [1.165, 1.54) is 0 Å². The van der Waals surface area contributed by atoms with Crippen LogP contribution in [0.25, 0.3) is 0 Å². The number of aromatic nitrogens is 2. The van der Waals surface area contributed by atoms with Gasteiger partial charge in [-0.1, -0.05) is 0 Å². The van der Waals surface area contributed by atoms with Gasteiger partial charge in [-0.25, -0.2) is 20.0 Å². The smallest absolute Gasteiger partial charge is 0.157 e. The molecule has 0 atom stereocenters. The lowest BCUT2D eigenvalue weighted by Crippen LogP contribution is -2.24. The monoisotopic (exact) mass is 261 g/mol. The highest BCUT2D eigenvalue weighted by atomic mass is 16.5. The highest BCUT2D eigenvalue weighted by molar-refractivity contribution is 5.97. The van der Waals surface area contributed by atoms with Crippen molar-refractivity contribution in [3.05, 3.63) is 18.1 Å². The zero-order valence-electron chi connectivity index (χ0n) is 11.3. The third-order valence-corrected chi connectivity index (χ3v) is 2.87. The Labute approximate surface area is 112 Å². The number of aryl methyl sites for hydroxylation is 1. The van der Waals surface area contributed by atoms with Crippen LogP contribution in [-0.4, -0.2) is 34.9 Å². The number of hydrogen-bond acceptors (Lipinski definition) is 4. The van der Waals surface area contributed by atoms with Crippen molar-refractivity contribution in [2.45, 2.75) is 26.7 Å². The van der Waals surface area contributed by atoms with Gasteiger partial charge in [0, 0.05) is 31.4 Å². The van der Waals surface area contributed by atoms with Gasteiger partial charge in [0.05, 0.1) is 5.84 Å². The molecule has 6 heteroatoms. The second-order valence-corrected chi connectivity index (χ2v) is 4.57. The van der Waals surface area contributed by atoms with E-state index in [9.17, 15) is 0 Å². The van der Waals surface area contributed by atoms with E-state index in [2.05, 4.69) is 20.0 Å². The molecule has 1 aliphatic heterocycles. The summed E-state index contributed by atoms with van der Waals surface area (Å²) in [5, 5.41) is 0. The fraction of sp³-hybridized carbons (Fsp3) is 0.538. The zero-order chi connectivity index (χ0) is 13.7. The number of aliphatic imine (C=N–C) groups is 2. The van der Waals surface area contributed by atoms with Gasteiger partial charge in [0.25, 0.3) is 0 Å². The van der Waals surface area contributed by atoms with Crippen LogP contribution in [-0.2, 0) is 4.74 Å². The molecule has 1 aromatic heterocycles. The number of amidine groups is 2. The first-order valence-corrected chi connectivity index (χ1v) is 6.42. The maximum absolute atomic E-state index is 5.69. The third-order valence-electron chi connectivity index (χ3n) is 2.87.